The SMILES string of the molecule is CN(Cc1cccn1C)C(=O)c1cccc(C(=O)N(C)c2ccccc2)c1. The van der Waals surface area contributed by atoms with Gasteiger partial charge in [-0.25, -0.2) is 0 Å². The van der Waals surface area contributed by atoms with Gasteiger partial charge < -0.3 is 14.4 Å². The molecule has 0 saturated carbocycles. The highest BCUT2D eigenvalue weighted by Crippen LogP contribution is 2.17. The Kier molecular flexibility index (Phi) is 5.41. The van der Waals surface area contributed by atoms with E-state index in [1.165, 1.54) is 0 Å². The average molecular weight is 361 g/mol. The minimum Gasteiger partial charge on any atom is -0.353 e. The number of aryl methyl sites for hydroxylation is 1. The quantitative estimate of drug-likeness (QED) is 0.697. The van der Waals surface area contributed by atoms with Crippen molar-refractivity contribution in [1.82, 2.24) is 9.47 Å². The first-order valence-corrected chi connectivity index (χ1v) is 8.76. The van der Waals surface area contributed by atoms with E-state index >= 15 is 0 Å². The van der Waals surface area contributed by atoms with Crippen LogP contribution in [-0.2, 0) is 13.6 Å². The highest BCUT2D eigenvalue weighted by molar-refractivity contribution is 6.07. The van der Waals surface area contributed by atoms with Crippen molar-refractivity contribution in [2.75, 3.05) is 19.0 Å². The molecule has 0 N–H and O–H groups in total. The molecular weight excluding hydrogens is 338 g/mol. The predicted molar refractivity (Wildman–Crippen MR) is 107 cm³/mol. The second-order valence-corrected chi connectivity index (χ2v) is 6.55. The van der Waals surface area contributed by atoms with Gasteiger partial charge in [0.1, 0.15) is 0 Å². The topological polar surface area (TPSA) is 45.6 Å². The first-order valence-electron chi connectivity index (χ1n) is 8.76. The monoisotopic (exact) mass is 361 g/mol. The molecule has 5 heteroatoms. The zero-order valence-corrected chi connectivity index (χ0v) is 15.8. The number of rotatable bonds is 5. The Balaban J connectivity index is 1.77. The van der Waals surface area contributed by atoms with Gasteiger partial charge in [-0.15, -0.1) is 0 Å². The zero-order chi connectivity index (χ0) is 19.4. The Labute approximate surface area is 159 Å². The van der Waals surface area contributed by atoms with Crippen LogP contribution in [0, 0.1) is 0 Å². The van der Waals surface area contributed by atoms with Crippen molar-refractivity contribution in [3.63, 3.8) is 0 Å². The zero-order valence-electron chi connectivity index (χ0n) is 15.8. The largest absolute Gasteiger partial charge is 0.353 e. The van der Waals surface area contributed by atoms with Crippen LogP contribution in [-0.4, -0.2) is 35.4 Å². The summed E-state index contributed by atoms with van der Waals surface area (Å²) in [6.45, 7) is 0.504. The van der Waals surface area contributed by atoms with Gasteiger partial charge in [-0.1, -0.05) is 24.3 Å². The maximum absolute atomic E-state index is 12.8. The maximum atomic E-state index is 12.8. The molecule has 138 valence electrons. The van der Waals surface area contributed by atoms with Gasteiger partial charge in [0.15, 0.2) is 0 Å². The Hall–Kier alpha value is -3.34. The van der Waals surface area contributed by atoms with Gasteiger partial charge in [0.05, 0.1) is 6.54 Å². The lowest BCUT2D eigenvalue weighted by atomic mass is 10.1. The van der Waals surface area contributed by atoms with E-state index in [2.05, 4.69) is 0 Å². The van der Waals surface area contributed by atoms with Crippen LogP contribution in [0.15, 0.2) is 72.9 Å². The molecule has 0 atom stereocenters. The van der Waals surface area contributed by atoms with E-state index in [4.69, 9.17) is 0 Å². The van der Waals surface area contributed by atoms with Gasteiger partial charge in [-0.2, -0.15) is 0 Å². The Morgan fingerprint density at radius 2 is 1.52 bits per heavy atom. The van der Waals surface area contributed by atoms with Crippen molar-refractivity contribution >= 4 is 17.5 Å². The molecule has 1 heterocycles. The molecule has 3 aromatic rings. The number of aromatic nitrogens is 1. The van der Waals surface area contributed by atoms with Crippen LogP contribution in [0.3, 0.4) is 0 Å². The molecule has 5 nitrogen and oxygen atoms in total. The molecule has 0 aliphatic carbocycles. The summed E-state index contributed by atoms with van der Waals surface area (Å²) in [5, 5.41) is 0. The number of carbonyl (C=O) groups excluding carboxylic acids is 2. The predicted octanol–water partition coefficient (Wildman–Crippen LogP) is 3.57. The van der Waals surface area contributed by atoms with Gasteiger partial charge in [0, 0.05) is 49.8 Å². The molecule has 0 aliphatic heterocycles. The van der Waals surface area contributed by atoms with Gasteiger partial charge >= 0.3 is 0 Å². The Bertz CT molecular complexity index is 947. The smallest absolute Gasteiger partial charge is 0.258 e. The summed E-state index contributed by atoms with van der Waals surface area (Å²) in [5.74, 6) is -0.269. The van der Waals surface area contributed by atoms with Crippen LogP contribution in [0.2, 0.25) is 0 Å². The van der Waals surface area contributed by atoms with Crippen molar-refractivity contribution in [1.29, 1.82) is 0 Å². The molecule has 0 fully saturated rings. The van der Waals surface area contributed by atoms with Crippen LogP contribution in [0.25, 0.3) is 0 Å². The number of benzene rings is 2. The van der Waals surface area contributed by atoms with Crippen LogP contribution < -0.4 is 4.90 Å². The summed E-state index contributed by atoms with van der Waals surface area (Å²) >= 11 is 0. The Morgan fingerprint density at radius 3 is 2.15 bits per heavy atom. The van der Waals surface area contributed by atoms with E-state index in [0.29, 0.717) is 17.7 Å². The number of hydrogen-bond donors (Lipinski definition) is 0. The molecule has 0 radical (unpaired) electrons. The molecule has 0 bridgehead atoms. The van der Waals surface area contributed by atoms with Gasteiger partial charge in [0.2, 0.25) is 0 Å². The van der Waals surface area contributed by atoms with E-state index < -0.39 is 0 Å². The highest BCUT2D eigenvalue weighted by atomic mass is 16.2. The first kappa shape index (κ1) is 18.5. The second-order valence-electron chi connectivity index (χ2n) is 6.55. The van der Waals surface area contributed by atoms with Crippen molar-refractivity contribution < 1.29 is 9.59 Å². The van der Waals surface area contributed by atoms with E-state index in [0.717, 1.165) is 11.4 Å². The minimum absolute atomic E-state index is 0.117. The van der Waals surface area contributed by atoms with Crippen molar-refractivity contribution in [2.45, 2.75) is 6.54 Å². The molecule has 0 unspecified atom stereocenters. The summed E-state index contributed by atoms with van der Waals surface area (Å²) in [7, 11) is 5.44. The molecule has 3 rings (SSSR count). The molecule has 1 aromatic heterocycles. The fourth-order valence-electron chi connectivity index (χ4n) is 2.94. The summed E-state index contributed by atoms with van der Waals surface area (Å²) in [5.41, 5.74) is 2.83. The Morgan fingerprint density at radius 1 is 0.852 bits per heavy atom. The van der Waals surface area contributed by atoms with E-state index in [1.807, 2.05) is 60.3 Å². The number of amides is 2. The number of hydrogen-bond acceptors (Lipinski definition) is 2. The normalized spacial score (nSPS) is 10.5. The number of carbonyl (C=O) groups is 2. The summed E-state index contributed by atoms with van der Waals surface area (Å²) < 4.78 is 1.98. The standard InChI is InChI=1S/C22H23N3O2/c1-23-14-8-13-20(23)16-24(2)21(26)17-9-7-10-18(15-17)22(27)25(3)19-11-5-4-6-12-19/h4-15H,16H2,1-3H3. The lowest BCUT2D eigenvalue weighted by Gasteiger charge is -2.20. The van der Waals surface area contributed by atoms with Crippen LogP contribution in [0.1, 0.15) is 26.4 Å². The molecule has 2 aromatic carbocycles. The lowest BCUT2D eigenvalue weighted by molar-refractivity contribution is 0.0782. The number of para-hydroxylation sites is 1. The maximum Gasteiger partial charge on any atom is 0.258 e. The van der Waals surface area contributed by atoms with Crippen LogP contribution >= 0.6 is 0 Å². The third-order valence-corrected chi connectivity index (χ3v) is 4.60. The molecular formula is C22H23N3O2. The van der Waals surface area contributed by atoms with E-state index in [9.17, 15) is 9.59 Å². The number of nitrogens with zero attached hydrogens (tertiary/aromatic N) is 3. The summed E-state index contributed by atoms with van der Waals surface area (Å²) in [4.78, 5) is 28.8. The van der Waals surface area contributed by atoms with Crippen LogP contribution in [0.5, 0.6) is 0 Å². The molecule has 0 aliphatic rings. The van der Waals surface area contributed by atoms with Crippen LogP contribution in [0.4, 0.5) is 5.69 Å². The van der Waals surface area contributed by atoms with Gasteiger partial charge in [-0.3, -0.25) is 9.59 Å². The minimum atomic E-state index is -0.152. The fraction of sp³-hybridized carbons (Fsp3) is 0.182. The molecule has 0 saturated heterocycles. The van der Waals surface area contributed by atoms with Crippen molar-refractivity contribution in [2.24, 2.45) is 7.05 Å². The number of anilines is 1. The van der Waals surface area contributed by atoms with Gasteiger partial charge in [-0.05, 0) is 42.5 Å². The second kappa shape index (κ2) is 7.91. The average Bonchev–Trinajstić information content (AvgIpc) is 3.11. The fourth-order valence-corrected chi connectivity index (χ4v) is 2.94. The lowest BCUT2D eigenvalue weighted by Crippen LogP contribution is -2.28. The third kappa shape index (κ3) is 4.08. The molecule has 2 amide bonds. The van der Waals surface area contributed by atoms with Gasteiger partial charge in [0.25, 0.3) is 11.8 Å². The summed E-state index contributed by atoms with van der Waals surface area (Å²) in [6, 6.07) is 20.2. The molecule has 0 spiro atoms. The van der Waals surface area contributed by atoms with Crippen molar-refractivity contribution in [3.05, 3.63) is 89.7 Å². The van der Waals surface area contributed by atoms with E-state index in [-0.39, 0.29) is 11.8 Å². The highest BCUT2D eigenvalue weighted by Gasteiger charge is 2.17. The van der Waals surface area contributed by atoms with Crippen molar-refractivity contribution in [3.8, 4) is 0 Å². The molecule has 27 heavy (non-hydrogen) atoms. The third-order valence-electron chi connectivity index (χ3n) is 4.60. The summed E-state index contributed by atoms with van der Waals surface area (Å²) in [6.07, 6.45) is 1.95. The first-order chi connectivity index (χ1) is 13.0. The van der Waals surface area contributed by atoms with E-state index in [1.54, 1.807) is 48.2 Å².